The number of carbonyl (C=O) groups excluding carboxylic acids is 1. The van der Waals surface area contributed by atoms with Crippen molar-refractivity contribution in [2.24, 2.45) is 0 Å². The molecule has 2 aliphatic heterocycles. The highest BCUT2D eigenvalue weighted by Gasteiger charge is 2.37. The molecule has 2 aromatic rings. The fourth-order valence-corrected chi connectivity index (χ4v) is 4.72. The molecule has 8 heteroatoms. The molecule has 2 aromatic carbocycles. The number of carbonyl (C=O) groups is 1. The Balaban J connectivity index is 1.49. The Morgan fingerprint density at radius 2 is 1.86 bits per heavy atom. The second-order valence-corrected chi connectivity index (χ2v) is 8.20. The summed E-state index contributed by atoms with van der Waals surface area (Å²) in [5, 5.41) is -0.292. The number of nitrogens with zero attached hydrogens (tertiary/aromatic N) is 1. The van der Waals surface area contributed by atoms with E-state index in [2.05, 4.69) is 0 Å². The predicted molar refractivity (Wildman–Crippen MR) is 110 cm³/mol. The number of thioether (sulfide) groups is 1. The van der Waals surface area contributed by atoms with Gasteiger partial charge in [-0.3, -0.25) is 9.69 Å². The fourth-order valence-electron chi connectivity index (χ4n) is 3.20. The number of ether oxygens (including phenoxy) is 4. The Morgan fingerprint density at radius 3 is 2.54 bits per heavy atom. The first-order valence-corrected chi connectivity index (χ1v) is 9.99. The summed E-state index contributed by atoms with van der Waals surface area (Å²) in [6.07, 6.45) is 0.503. The molecule has 1 amide bonds. The van der Waals surface area contributed by atoms with Gasteiger partial charge in [-0.05, 0) is 35.7 Å². The Labute approximate surface area is 172 Å². The standard InChI is InChI=1S/C20H19NO5S2/c1-23-14-5-3-12(4-6-14)10-21-19(22)18(28-20(21)27)8-13-7-16-17(26-11-25-16)9-15(13)24-2/h3-7,9,18H,8,10-11H2,1-2H3/t18-/m1/s1. The minimum atomic E-state index is -0.292. The first-order valence-electron chi connectivity index (χ1n) is 8.70. The normalized spacial score (nSPS) is 17.9. The van der Waals surface area contributed by atoms with Crippen LogP contribution in [0.3, 0.4) is 0 Å². The molecule has 0 saturated carbocycles. The first kappa shape index (κ1) is 18.9. The molecule has 0 spiro atoms. The number of benzene rings is 2. The molecule has 6 nitrogen and oxygen atoms in total. The number of methoxy groups -OCH3 is 2. The van der Waals surface area contributed by atoms with Crippen molar-refractivity contribution in [1.82, 2.24) is 4.90 Å². The van der Waals surface area contributed by atoms with Crippen molar-refractivity contribution in [3.8, 4) is 23.0 Å². The number of fused-ring (bicyclic) bond motifs is 1. The van der Waals surface area contributed by atoms with Gasteiger partial charge in [-0.2, -0.15) is 0 Å². The van der Waals surface area contributed by atoms with Crippen LogP contribution < -0.4 is 18.9 Å². The zero-order valence-electron chi connectivity index (χ0n) is 15.5. The van der Waals surface area contributed by atoms with E-state index in [1.165, 1.54) is 11.8 Å². The highest BCUT2D eigenvalue weighted by atomic mass is 32.2. The van der Waals surface area contributed by atoms with Crippen LogP contribution >= 0.6 is 24.0 Å². The highest BCUT2D eigenvalue weighted by molar-refractivity contribution is 8.24. The highest BCUT2D eigenvalue weighted by Crippen LogP contribution is 2.40. The van der Waals surface area contributed by atoms with E-state index >= 15 is 0 Å². The van der Waals surface area contributed by atoms with Gasteiger partial charge in [0.05, 0.1) is 26.0 Å². The predicted octanol–water partition coefficient (Wildman–Crippen LogP) is 3.40. The molecule has 0 radical (unpaired) electrons. The van der Waals surface area contributed by atoms with Crippen LogP contribution in [0.4, 0.5) is 0 Å². The largest absolute Gasteiger partial charge is 0.497 e. The lowest BCUT2D eigenvalue weighted by atomic mass is 10.1. The van der Waals surface area contributed by atoms with Crippen molar-refractivity contribution in [3.05, 3.63) is 47.5 Å². The van der Waals surface area contributed by atoms with Gasteiger partial charge >= 0.3 is 0 Å². The lowest BCUT2D eigenvalue weighted by Gasteiger charge is -2.16. The van der Waals surface area contributed by atoms with Crippen molar-refractivity contribution in [3.63, 3.8) is 0 Å². The number of thiocarbonyl (C=S) groups is 1. The van der Waals surface area contributed by atoms with E-state index in [-0.39, 0.29) is 18.0 Å². The van der Waals surface area contributed by atoms with Crippen LogP contribution in [0, 0.1) is 0 Å². The third-order valence-corrected chi connectivity index (χ3v) is 6.27. The van der Waals surface area contributed by atoms with E-state index in [1.54, 1.807) is 25.2 Å². The number of hydrogen-bond donors (Lipinski definition) is 0. The van der Waals surface area contributed by atoms with Crippen LogP contribution in [-0.4, -0.2) is 41.4 Å². The molecule has 4 rings (SSSR count). The lowest BCUT2D eigenvalue weighted by molar-refractivity contribution is -0.126. The van der Waals surface area contributed by atoms with Gasteiger partial charge in [0.15, 0.2) is 11.5 Å². The molecule has 0 bridgehead atoms. The SMILES string of the molecule is COc1ccc(CN2C(=O)[C@@H](Cc3cc4c(cc3OC)OCO4)SC2=S)cc1. The van der Waals surface area contributed by atoms with Crippen LogP contribution in [0.15, 0.2) is 36.4 Å². The average Bonchev–Trinajstić information content (AvgIpc) is 3.27. The summed E-state index contributed by atoms with van der Waals surface area (Å²) < 4.78 is 22.1. The molecule has 146 valence electrons. The number of rotatable bonds is 6. The van der Waals surface area contributed by atoms with Gasteiger partial charge in [-0.1, -0.05) is 36.1 Å². The quantitative estimate of drug-likeness (QED) is 0.668. The minimum Gasteiger partial charge on any atom is -0.497 e. The van der Waals surface area contributed by atoms with E-state index < -0.39 is 0 Å². The topological polar surface area (TPSA) is 57.2 Å². The van der Waals surface area contributed by atoms with E-state index in [1.807, 2.05) is 30.3 Å². The van der Waals surface area contributed by atoms with E-state index in [4.69, 9.17) is 31.2 Å². The number of hydrogen-bond acceptors (Lipinski definition) is 7. The van der Waals surface area contributed by atoms with Gasteiger partial charge in [0, 0.05) is 6.07 Å². The summed E-state index contributed by atoms with van der Waals surface area (Å²) >= 11 is 6.88. The molecule has 1 atom stereocenters. The summed E-state index contributed by atoms with van der Waals surface area (Å²) in [5.41, 5.74) is 1.89. The van der Waals surface area contributed by atoms with Crippen molar-refractivity contribution >= 4 is 34.2 Å². The van der Waals surface area contributed by atoms with Gasteiger partial charge in [-0.15, -0.1) is 0 Å². The molecule has 0 unspecified atom stereocenters. The Kier molecular flexibility index (Phi) is 5.32. The molecule has 1 fully saturated rings. The summed E-state index contributed by atoms with van der Waals surface area (Å²) in [6, 6.07) is 11.3. The van der Waals surface area contributed by atoms with Gasteiger partial charge in [0.25, 0.3) is 0 Å². The zero-order chi connectivity index (χ0) is 19.7. The summed E-state index contributed by atoms with van der Waals surface area (Å²) in [5.74, 6) is 2.79. The van der Waals surface area contributed by atoms with Crippen LogP contribution in [0.5, 0.6) is 23.0 Å². The maximum atomic E-state index is 13.0. The third kappa shape index (κ3) is 3.62. The number of amides is 1. The van der Waals surface area contributed by atoms with Crippen molar-refractivity contribution < 1.29 is 23.7 Å². The average molecular weight is 418 g/mol. The van der Waals surface area contributed by atoms with Crippen LogP contribution in [-0.2, 0) is 17.8 Å². The first-order chi connectivity index (χ1) is 13.6. The molecule has 28 heavy (non-hydrogen) atoms. The van der Waals surface area contributed by atoms with Crippen LogP contribution in [0.2, 0.25) is 0 Å². The summed E-state index contributed by atoms with van der Waals surface area (Å²) in [6.45, 7) is 0.641. The van der Waals surface area contributed by atoms with Crippen molar-refractivity contribution in [1.29, 1.82) is 0 Å². The van der Waals surface area contributed by atoms with Gasteiger partial charge in [-0.25, -0.2) is 0 Å². The molecule has 0 aromatic heterocycles. The summed E-state index contributed by atoms with van der Waals surface area (Å²) in [4.78, 5) is 14.6. The smallest absolute Gasteiger partial charge is 0.242 e. The third-order valence-electron chi connectivity index (χ3n) is 4.69. The second-order valence-electron chi connectivity index (χ2n) is 6.37. The second kappa shape index (κ2) is 7.89. The van der Waals surface area contributed by atoms with E-state index in [0.717, 1.165) is 16.9 Å². The van der Waals surface area contributed by atoms with Crippen LogP contribution in [0.1, 0.15) is 11.1 Å². The summed E-state index contributed by atoms with van der Waals surface area (Å²) in [7, 11) is 3.23. The maximum absolute atomic E-state index is 13.0. The molecule has 1 saturated heterocycles. The van der Waals surface area contributed by atoms with Crippen molar-refractivity contribution in [2.45, 2.75) is 18.2 Å². The molecule has 0 aliphatic carbocycles. The van der Waals surface area contributed by atoms with Crippen LogP contribution in [0.25, 0.3) is 0 Å². The van der Waals surface area contributed by atoms with Crippen molar-refractivity contribution in [2.75, 3.05) is 21.0 Å². The molecule has 0 N–H and O–H groups in total. The molecular formula is C20H19NO5S2. The van der Waals surface area contributed by atoms with Gasteiger partial charge in [0.2, 0.25) is 12.7 Å². The Morgan fingerprint density at radius 1 is 1.14 bits per heavy atom. The maximum Gasteiger partial charge on any atom is 0.242 e. The Bertz CT molecular complexity index is 916. The van der Waals surface area contributed by atoms with E-state index in [9.17, 15) is 4.79 Å². The minimum absolute atomic E-state index is 0.00513. The van der Waals surface area contributed by atoms with Gasteiger partial charge in [0.1, 0.15) is 15.8 Å². The van der Waals surface area contributed by atoms with E-state index in [0.29, 0.717) is 34.5 Å². The van der Waals surface area contributed by atoms with Gasteiger partial charge < -0.3 is 18.9 Å². The molecular weight excluding hydrogens is 398 g/mol. The molecule has 2 aliphatic rings. The lowest BCUT2D eigenvalue weighted by Crippen LogP contribution is -2.31. The fraction of sp³-hybridized carbons (Fsp3) is 0.300. The monoisotopic (exact) mass is 417 g/mol. The zero-order valence-corrected chi connectivity index (χ0v) is 17.1. The Hall–Kier alpha value is -2.45. The molecule has 2 heterocycles.